The number of hydrogen-bond acceptors (Lipinski definition) is 4. The lowest BCUT2D eigenvalue weighted by atomic mass is 10.3. The van der Waals surface area contributed by atoms with Crippen LogP contribution >= 0.6 is 23.1 Å². The summed E-state index contributed by atoms with van der Waals surface area (Å²) in [6.45, 7) is 0.600. The van der Waals surface area contributed by atoms with Crippen molar-refractivity contribution < 1.29 is 13.6 Å². The summed E-state index contributed by atoms with van der Waals surface area (Å²) >= 11 is 2.00. The molecule has 8 heteroatoms. The largest absolute Gasteiger partial charge is 0.333 e. The van der Waals surface area contributed by atoms with Crippen molar-refractivity contribution in [2.75, 3.05) is 0 Å². The van der Waals surface area contributed by atoms with Gasteiger partial charge in [-0.05, 0) is 48.2 Å². The Morgan fingerprint density at radius 2 is 2.12 bits per heavy atom. The Labute approximate surface area is 157 Å². The van der Waals surface area contributed by atoms with E-state index >= 15 is 0 Å². The van der Waals surface area contributed by atoms with Gasteiger partial charge in [-0.25, -0.2) is 4.98 Å². The highest BCUT2D eigenvalue weighted by molar-refractivity contribution is 7.99. The molecule has 2 aromatic heterocycles. The predicted molar refractivity (Wildman–Crippen MR) is 99.5 cm³/mol. The first-order valence-electron chi connectivity index (χ1n) is 8.34. The van der Waals surface area contributed by atoms with Gasteiger partial charge in [-0.1, -0.05) is 18.2 Å². The minimum Gasteiger partial charge on any atom is -0.333 e. The molecule has 0 spiro atoms. The maximum Gasteiger partial charge on any atom is 0.291 e. The fourth-order valence-corrected chi connectivity index (χ4v) is 4.28. The summed E-state index contributed by atoms with van der Waals surface area (Å²) in [4.78, 5) is 20.3. The molecule has 136 valence electrons. The number of aromatic nitrogens is 2. The van der Waals surface area contributed by atoms with Gasteiger partial charge in [0.1, 0.15) is 6.54 Å². The minimum atomic E-state index is -2.58. The van der Waals surface area contributed by atoms with Crippen LogP contribution in [0.15, 0.2) is 46.9 Å². The smallest absolute Gasteiger partial charge is 0.291 e. The zero-order valence-electron chi connectivity index (χ0n) is 13.8. The van der Waals surface area contributed by atoms with Crippen molar-refractivity contribution in [2.24, 2.45) is 0 Å². The first-order chi connectivity index (χ1) is 12.6. The Morgan fingerprint density at radius 1 is 1.31 bits per heavy atom. The third-order valence-electron chi connectivity index (χ3n) is 4.32. The summed E-state index contributed by atoms with van der Waals surface area (Å²) in [5.41, 5.74) is 1.33. The van der Waals surface area contributed by atoms with Crippen molar-refractivity contribution in [1.29, 1.82) is 0 Å². The lowest BCUT2D eigenvalue weighted by molar-refractivity contribution is -0.133. The van der Waals surface area contributed by atoms with Gasteiger partial charge in [0.05, 0.1) is 17.6 Å². The highest BCUT2D eigenvalue weighted by Gasteiger charge is 2.33. The molecule has 1 saturated carbocycles. The Kier molecular flexibility index (Phi) is 4.95. The summed E-state index contributed by atoms with van der Waals surface area (Å²) in [5.74, 6) is -2.63. The molecule has 3 aromatic rings. The first-order valence-corrected chi connectivity index (χ1v) is 10.1. The number of para-hydroxylation sites is 2. The molecule has 4 nitrogen and oxygen atoms in total. The van der Waals surface area contributed by atoms with Gasteiger partial charge in [0.25, 0.3) is 5.76 Å². The molecule has 0 N–H and O–H groups in total. The van der Waals surface area contributed by atoms with Gasteiger partial charge < -0.3 is 9.47 Å². The van der Waals surface area contributed by atoms with E-state index in [4.69, 9.17) is 0 Å². The number of carbonyl (C=O) groups excluding carboxylic acids is 1. The molecule has 1 fully saturated rings. The van der Waals surface area contributed by atoms with Crippen molar-refractivity contribution in [2.45, 2.75) is 42.9 Å². The van der Waals surface area contributed by atoms with Crippen LogP contribution in [0.1, 0.15) is 17.7 Å². The molecule has 1 aliphatic carbocycles. The number of amides is 1. The average molecular weight is 393 g/mol. The molecule has 0 radical (unpaired) electrons. The predicted octanol–water partition coefficient (Wildman–Crippen LogP) is 4.60. The topological polar surface area (TPSA) is 38.1 Å². The zero-order valence-corrected chi connectivity index (χ0v) is 15.5. The van der Waals surface area contributed by atoms with Crippen LogP contribution in [0.3, 0.4) is 0 Å². The number of alkyl halides is 2. The van der Waals surface area contributed by atoms with Crippen LogP contribution in [0.5, 0.6) is 0 Å². The van der Waals surface area contributed by atoms with Crippen LogP contribution < -0.4 is 0 Å². The molecule has 4 rings (SSSR count). The van der Waals surface area contributed by atoms with Gasteiger partial charge >= 0.3 is 0 Å². The lowest BCUT2D eigenvalue weighted by Crippen LogP contribution is -2.35. The standard InChI is InChI=1S/C18H17F2N3OS2/c19-17(20)26-18-21-14-5-1-2-6-15(14)23(18)11-16(24)22(12-7-8-12)10-13-4-3-9-25-13/h1-6,9,12,17H,7-8,10-11H2. The van der Waals surface area contributed by atoms with Gasteiger partial charge in [-0.15, -0.1) is 11.3 Å². The number of carbonyl (C=O) groups is 1. The summed E-state index contributed by atoms with van der Waals surface area (Å²) in [5, 5.41) is 2.17. The molecule has 1 aromatic carbocycles. The average Bonchev–Trinajstić information content (AvgIpc) is 3.22. The Balaban J connectivity index is 1.61. The molecule has 0 bridgehead atoms. The molecule has 2 heterocycles. The van der Waals surface area contributed by atoms with Gasteiger partial charge in [-0.2, -0.15) is 8.78 Å². The van der Waals surface area contributed by atoms with Gasteiger partial charge in [0, 0.05) is 10.9 Å². The van der Waals surface area contributed by atoms with E-state index in [-0.39, 0.29) is 23.7 Å². The SMILES string of the molecule is O=C(Cn1c(SC(F)F)nc2ccccc21)N(Cc1cccs1)C1CC1. The van der Waals surface area contributed by atoms with Crippen LogP contribution in [0.4, 0.5) is 8.78 Å². The highest BCUT2D eigenvalue weighted by atomic mass is 32.2. The molecule has 26 heavy (non-hydrogen) atoms. The van der Waals surface area contributed by atoms with E-state index in [0.29, 0.717) is 29.3 Å². The lowest BCUT2D eigenvalue weighted by Gasteiger charge is -2.22. The molecule has 0 unspecified atom stereocenters. The van der Waals surface area contributed by atoms with E-state index < -0.39 is 5.76 Å². The Morgan fingerprint density at radius 3 is 2.81 bits per heavy atom. The second-order valence-corrected chi connectivity index (χ2v) is 8.17. The van der Waals surface area contributed by atoms with E-state index in [1.54, 1.807) is 22.0 Å². The molecule has 0 aliphatic heterocycles. The Bertz CT molecular complexity index is 906. The number of halogens is 2. The first kappa shape index (κ1) is 17.5. The summed E-state index contributed by atoms with van der Waals surface area (Å²) in [6, 6.07) is 11.5. The minimum absolute atomic E-state index is 0.0252. The van der Waals surface area contributed by atoms with Gasteiger partial charge in [0.2, 0.25) is 5.91 Å². The van der Waals surface area contributed by atoms with E-state index in [1.807, 2.05) is 40.6 Å². The van der Waals surface area contributed by atoms with Crippen LogP contribution in [0.25, 0.3) is 11.0 Å². The van der Waals surface area contributed by atoms with E-state index in [9.17, 15) is 13.6 Å². The van der Waals surface area contributed by atoms with Crippen LogP contribution in [0, 0.1) is 0 Å². The summed E-state index contributed by atoms with van der Waals surface area (Å²) in [6.07, 6.45) is 2.00. The number of thioether (sulfide) groups is 1. The normalized spacial score (nSPS) is 14.3. The van der Waals surface area contributed by atoms with Crippen LogP contribution in [0.2, 0.25) is 0 Å². The van der Waals surface area contributed by atoms with E-state index in [1.165, 1.54) is 0 Å². The second-order valence-electron chi connectivity index (χ2n) is 6.18. The molecular formula is C18H17F2N3OS2. The van der Waals surface area contributed by atoms with Crippen LogP contribution in [-0.4, -0.2) is 32.2 Å². The quantitative estimate of drug-likeness (QED) is 0.551. The van der Waals surface area contributed by atoms with Crippen molar-refractivity contribution in [3.63, 3.8) is 0 Å². The number of benzene rings is 1. The third-order valence-corrected chi connectivity index (χ3v) is 5.88. The molecule has 0 saturated heterocycles. The monoisotopic (exact) mass is 393 g/mol. The number of hydrogen-bond donors (Lipinski definition) is 0. The van der Waals surface area contributed by atoms with E-state index in [2.05, 4.69) is 4.98 Å². The summed E-state index contributed by atoms with van der Waals surface area (Å²) in [7, 11) is 0. The number of rotatable bonds is 7. The second kappa shape index (κ2) is 7.36. The fourth-order valence-electron chi connectivity index (χ4n) is 2.98. The van der Waals surface area contributed by atoms with Crippen molar-refractivity contribution in [3.05, 3.63) is 46.7 Å². The number of fused-ring (bicyclic) bond motifs is 1. The maximum atomic E-state index is 13.0. The van der Waals surface area contributed by atoms with Gasteiger partial charge in [-0.3, -0.25) is 4.79 Å². The van der Waals surface area contributed by atoms with Crippen molar-refractivity contribution in [1.82, 2.24) is 14.5 Å². The van der Waals surface area contributed by atoms with Gasteiger partial charge in [0.15, 0.2) is 5.16 Å². The Hall–Kier alpha value is -1.93. The molecule has 1 aliphatic rings. The van der Waals surface area contributed by atoms with Crippen molar-refractivity contribution >= 4 is 40.0 Å². The zero-order chi connectivity index (χ0) is 18.1. The number of nitrogens with zero attached hydrogens (tertiary/aromatic N) is 3. The maximum absolute atomic E-state index is 13.0. The highest BCUT2D eigenvalue weighted by Crippen LogP contribution is 2.32. The molecular weight excluding hydrogens is 376 g/mol. The third kappa shape index (κ3) is 3.76. The number of thiophene rings is 1. The van der Waals surface area contributed by atoms with Crippen LogP contribution in [-0.2, 0) is 17.9 Å². The molecule has 1 amide bonds. The van der Waals surface area contributed by atoms with Crippen molar-refractivity contribution in [3.8, 4) is 0 Å². The fraction of sp³-hybridized carbons (Fsp3) is 0.333. The molecule has 0 atom stereocenters. The summed E-state index contributed by atoms with van der Waals surface area (Å²) < 4.78 is 27.5. The van der Waals surface area contributed by atoms with E-state index in [0.717, 1.165) is 17.7 Å². The number of imidazole rings is 1.